The highest BCUT2D eigenvalue weighted by Gasteiger charge is 2.09. The molecule has 0 bridgehead atoms. The number of pyridine rings is 1. The van der Waals surface area contributed by atoms with Crippen LogP contribution in [0, 0.1) is 0 Å². The van der Waals surface area contributed by atoms with Gasteiger partial charge in [0.25, 0.3) is 0 Å². The van der Waals surface area contributed by atoms with Crippen LogP contribution in [-0.2, 0) is 11.2 Å². The van der Waals surface area contributed by atoms with Crippen molar-refractivity contribution in [2.45, 2.75) is 6.42 Å². The molecule has 2 aromatic heterocycles. The van der Waals surface area contributed by atoms with Crippen LogP contribution in [0.1, 0.15) is 5.69 Å². The van der Waals surface area contributed by atoms with E-state index in [4.69, 9.17) is 11.6 Å². The van der Waals surface area contributed by atoms with Crippen LogP contribution in [0.3, 0.4) is 0 Å². The highest BCUT2D eigenvalue weighted by Crippen LogP contribution is 2.20. The first-order chi connectivity index (χ1) is 9.72. The van der Waals surface area contributed by atoms with E-state index in [-0.39, 0.29) is 12.3 Å². The van der Waals surface area contributed by atoms with Crippen LogP contribution in [0.15, 0.2) is 54.9 Å². The summed E-state index contributed by atoms with van der Waals surface area (Å²) in [5, 5.41) is 3.31. The second-order valence-corrected chi connectivity index (χ2v) is 4.81. The molecule has 2 heterocycles. The highest BCUT2D eigenvalue weighted by atomic mass is 35.5. The fraction of sp³-hybridized carbons (Fsp3) is 0.0667. The molecule has 4 nitrogen and oxygen atoms in total. The number of hydrogen-bond donors (Lipinski definition) is 1. The molecule has 3 aromatic rings. The minimum atomic E-state index is -0.137. The summed E-state index contributed by atoms with van der Waals surface area (Å²) in [6, 6.07) is 12.9. The van der Waals surface area contributed by atoms with Crippen molar-refractivity contribution in [3.05, 3.63) is 65.6 Å². The predicted octanol–water partition coefficient (Wildman–Crippen LogP) is 3.17. The summed E-state index contributed by atoms with van der Waals surface area (Å²) in [6.07, 6.45) is 3.96. The molecular weight excluding hydrogens is 274 g/mol. The Bertz CT molecular complexity index is 733. The minimum absolute atomic E-state index is 0.137. The Morgan fingerprint density at radius 3 is 2.80 bits per heavy atom. The summed E-state index contributed by atoms with van der Waals surface area (Å²) in [4.78, 5) is 16.4. The molecule has 1 N–H and O–H groups in total. The van der Waals surface area contributed by atoms with Crippen molar-refractivity contribution in [2.75, 3.05) is 5.32 Å². The lowest BCUT2D eigenvalue weighted by Crippen LogP contribution is -2.14. The summed E-state index contributed by atoms with van der Waals surface area (Å²) in [6.45, 7) is 0. The maximum atomic E-state index is 12.0. The molecule has 0 unspecified atom stereocenters. The molecule has 1 aromatic carbocycles. The molecule has 3 rings (SSSR count). The van der Waals surface area contributed by atoms with Crippen LogP contribution in [0.4, 0.5) is 5.69 Å². The van der Waals surface area contributed by atoms with Crippen LogP contribution in [0.2, 0.25) is 5.02 Å². The van der Waals surface area contributed by atoms with Gasteiger partial charge < -0.3 is 9.72 Å². The third kappa shape index (κ3) is 2.65. The molecule has 0 spiro atoms. The summed E-state index contributed by atoms with van der Waals surface area (Å²) in [5.41, 5.74) is 2.16. The summed E-state index contributed by atoms with van der Waals surface area (Å²) in [5.74, 6) is -0.137. The first kappa shape index (κ1) is 12.7. The van der Waals surface area contributed by atoms with E-state index in [0.717, 1.165) is 11.3 Å². The lowest BCUT2D eigenvalue weighted by molar-refractivity contribution is -0.115. The zero-order valence-electron chi connectivity index (χ0n) is 10.6. The topological polar surface area (TPSA) is 46.4 Å². The van der Waals surface area contributed by atoms with Gasteiger partial charge in [0, 0.05) is 12.4 Å². The third-order valence-electron chi connectivity index (χ3n) is 2.90. The second-order valence-electron chi connectivity index (χ2n) is 4.40. The van der Waals surface area contributed by atoms with Gasteiger partial charge >= 0.3 is 0 Å². The number of hydrogen-bond acceptors (Lipinski definition) is 2. The van der Waals surface area contributed by atoms with Crippen LogP contribution < -0.4 is 5.32 Å². The Morgan fingerprint density at radius 2 is 2.00 bits per heavy atom. The van der Waals surface area contributed by atoms with Gasteiger partial charge in [0.2, 0.25) is 5.91 Å². The average molecular weight is 286 g/mol. The molecule has 0 saturated heterocycles. The monoisotopic (exact) mass is 285 g/mol. The molecule has 5 heteroatoms. The van der Waals surface area contributed by atoms with Crippen molar-refractivity contribution >= 4 is 28.8 Å². The number of benzene rings is 1. The van der Waals surface area contributed by atoms with Gasteiger partial charge in [-0.2, -0.15) is 0 Å². The Morgan fingerprint density at radius 1 is 1.20 bits per heavy atom. The molecule has 0 fully saturated rings. The van der Waals surface area contributed by atoms with Crippen molar-refractivity contribution < 1.29 is 4.79 Å². The smallest absolute Gasteiger partial charge is 0.230 e. The van der Waals surface area contributed by atoms with Gasteiger partial charge in [-0.05, 0) is 24.3 Å². The number of carbonyl (C=O) groups is 1. The second kappa shape index (κ2) is 5.35. The number of imidazole rings is 1. The standard InChI is InChI=1S/C15H12ClN3O/c16-12-5-1-2-6-13(12)18-15(20)9-11-10-19-8-4-3-7-14(19)17-11/h1-8,10H,9H2,(H,18,20). The number of anilines is 1. The minimum Gasteiger partial charge on any atom is -0.324 e. The molecule has 0 aliphatic rings. The third-order valence-corrected chi connectivity index (χ3v) is 3.23. The summed E-state index contributed by atoms with van der Waals surface area (Å²) < 4.78 is 1.89. The summed E-state index contributed by atoms with van der Waals surface area (Å²) >= 11 is 6.00. The zero-order chi connectivity index (χ0) is 13.9. The van der Waals surface area contributed by atoms with E-state index in [1.807, 2.05) is 47.1 Å². The zero-order valence-corrected chi connectivity index (χ0v) is 11.3. The lowest BCUT2D eigenvalue weighted by atomic mass is 10.3. The van der Waals surface area contributed by atoms with E-state index < -0.39 is 0 Å². The van der Waals surface area contributed by atoms with Gasteiger partial charge in [0.15, 0.2) is 0 Å². The largest absolute Gasteiger partial charge is 0.324 e. The molecule has 0 radical (unpaired) electrons. The van der Waals surface area contributed by atoms with Crippen molar-refractivity contribution in [3.63, 3.8) is 0 Å². The summed E-state index contributed by atoms with van der Waals surface area (Å²) in [7, 11) is 0. The van der Waals surface area contributed by atoms with Crippen LogP contribution in [0.25, 0.3) is 5.65 Å². The molecular formula is C15H12ClN3O. The number of carbonyl (C=O) groups excluding carboxylic acids is 1. The fourth-order valence-electron chi connectivity index (χ4n) is 1.99. The van der Waals surface area contributed by atoms with Crippen molar-refractivity contribution in [1.29, 1.82) is 0 Å². The van der Waals surface area contributed by atoms with Gasteiger partial charge in [-0.3, -0.25) is 4.79 Å². The quantitative estimate of drug-likeness (QED) is 0.803. The molecule has 100 valence electrons. The normalized spacial score (nSPS) is 10.7. The Labute approximate surface area is 121 Å². The molecule has 0 saturated carbocycles. The number of aromatic nitrogens is 2. The van der Waals surface area contributed by atoms with E-state index in [1.54, 1.807) is 12.1 Å². The molecule has 1 amide bonds. The number of amides is 1. The number of nitrogens with zero attached hydrogens (tertiary/aromatic N) is 2. The van der Waals surface area contributed by atoms with E-state index in [0.29, 0.717) is 10.7 Å². The van der Waals surface area contributed by atoms with E-state index in [1.165, 1.54) is 0 Å². The fourth-order valence-corrected chi connectivity index (χ4v) is 2.18. The van der Waals surface area contributed by atoms with Gasteiger partial charge in [0.1, 0.15) is 5.65 Å². The number of fused-ring (bicyclic) bond motifs is 1. The first-order valence-corrected chi connectivity index (χ1v) is 6.57. The Kier molecular flexibility index (Phi) is 3.39. The van der Waals surface area contributed by atoms with E-state index in [9.17, 15) is 4.79 Å². The van der Waals surface area contributed by atoms with Crippen molar-refractivity contribution in [1.82, 2.24) is 9.38 Å². The van der Waals surface area contributed by atoms with Crippen molar-refractivity contribution in [3.8, 4) is 0 Å². The average Bonchev–Trinajstić information content (AvgIpc) is 2.83. The van der Waals surface area contributed by atoms with Gasteiger partial charge in [-0.1, -0.05) is 29.8 Å². The number of nitrogens with one attached hydrogen (secondary N) is 1. The predicted molar refractivity (Wildman–Crippen MR) is 79.0 cm³/mol. The Balaban J connectivity index is 1.74. The van der Waals surface area contributed by atoms with E-state index >= 15 is 0 Å². The lowest BCUT2D eigenvalue weighted by Gasteiger charge is -2.05. The SMILES string of the molecule is O=C(Cc1cn2ccccc2n1)Nc1ccccc1Cl. The highest BCUT2D eigenvalue weighted by molar-refractivity contribution is 6.33. The molecule has 0 aliphatic carbocycles. The first-order valence-electron chi connectivity index (χ1n) is 6.19. The van der Waals surface area contributed by atoms with Gasteiger partial charge in [0.05, 0.1) is 22.8 Å². The van der Waals surface area contributed by atoms with Crippen molar-refractivity contribution in [2.24, 2.45) is 0 Å². The van der Waals surface area contributed by atoms with E-state index in [2.05, 4.69) is 10.3 Å². The Hall–Kier alpha value is -2.33. The van der Waals surface area contributed by atoms with Gasteiger partial charge in [-0.25, -0.2) is 4.98 Å². The van der Waals surface area contributed by atoms with Crippen LogP contribution in [0.5, 0.6) is 0 Å². The number of para-hydroxylation sites is 1. The molecule has 0 aliphatic heterocycles. The number of halogens is 1. The maximum absolute atomic E-state index is 12.0. The maximum Gasteiger partial charge on any atom is 0.230 e. The van der Waals surface area contributed by atoms with Crippen LogP contribution >= 0.6 is 11.6 Å². The van der Waals surface area contributed by atoms with Crippen LogP contribution in [-0.4, -0.2) is 15.3 Å². The van der Waals surface area contributed by atoms with Gasteiger partial charge in [-0.15, -0.1) is 0 Å². The number of rotatable bonds is 3. The molecule has 0 atom stereocenters. The molecule has 20 heavy (non-hydrogen) atoms.